The van der Waals surface area contributed by atoms with Crippen LogP contribution in [0.2, 0.25) is 0 Å². The number of fused-ring (bicyclic) bond motifs is 2. The maximum Gasteiger partial charge on any atom is 0.273 e. The Morgan fingerprint density at radius 3 is 2.49 bits per heavy atom. The molecule has 1 aliphatic heterocycles. The minimum atomic E-state index is -4.25. The van der Waals surface area contributed by atoms with Gasteiger partial charge in [-0.2, -0.15) is 4.72 Å². The van der Waals surface area contributed by atoms with E-state index in [4.69, 9.17) is 13.9 Å². The lowest BCUT2D eigenvalue weighted by atomic mass is 10.0. The van der Waals surface area contributed by atoms with Crippen LogP contribution in [0.5, 0.6) is 11.5 Å². The Bertz CT molecular complexity index is 1540. The second kappa shape index (κ2) is 14.2. The van der Waals surface area contributed by atoms with Crippen molar-refractivity contribution in [1.82, 2.24) is 25.7 Å². The summed E-state index contributed by atoms with van der Waals surface area (Å²) in [7, 11) is -1.51. The third kappa shape index (κ3) is 8.11. The minimum absolute atomic E-state index is 0.0331. The van der Waals surface area contributed by atoms with Crippen LogP contribution in [0.25, 0.3) is 0 Å². The predicted octanol–water partition coefficient (Wildman–Crippen LogP) is 1.86. The zero-order valence-corrected chi connectivity index (χ0v) is 24.9. The van der Waals surface area contributed by atoms with Crippen LogP contribution in [0.15, 0.2) is 64.1 Å². The van der Waals surface area contributed by atoms with Crippen LogP contribution >= 0.6 is 0 Å². The van der Waals surface area contributed by atoms with Crippen molar-refractivity contribution in [2.45, 2.75) is 55.6 Å². The Balaban J connectivity index is 1.57. The number of hydrogen-bond donors (Lipinski definition) is 4. The van der Waals surface area contributed by atoms with Gasteiger partial charge in [-0.25, -0.2) is 13.4 Å². The molecule has 0 saturated carbocycles. The van der Waals surface area contributed by atoms with Crippen molar-refractivity contribution in [3.8, 4) is 11.5 Å². The highest BCUT2D eigenvalue weighted by molar-refractivity contribution is 7.89. The SMILES string of the molecule is COc1ccc(OC)c(S(=O)(=O)N[C@H]2CCCCNC(=O)[C@H](Cc3ccccc3)NC(=O)c3coc(n3)[C@H](C)NC2=O)c1. The smallest absolute Gasteiger partial charge is 0.273 e. The molecule has 0 unspecified atom stereocenters. The molecule has 3 atom stereocenters. The highest BCUT2D eigenvalue weighted by Crippen LogP contribution is 2.28. The fraction of sp³-hybridized carbons (Fsp3) is 0.379. The van der Waals surface area contributed by atoms with Crippen LogP contribution in [0, 0.1) is 0 Å². The summed E-state index contributed by atoms with van der Waals surface area (Å²) in [6.07, 6.45) is 2.36. The quantitative estimate of drug-likeness (QED) is 0.310. The third-order valence-electron chi connectivity index (χ3n) is 6.88. The lowest BCUT2D eigenvalue weighted by Gasteiger charge is -2.22. The molecule has 2 heterocycles. The fourth-order valence-electron chi connectivity index (χ4n) is 4.55. The van der Waals surface area contributed by atoms with Gasteiger partial charge in [0.25, 0.3) is 5.91 Å². The fourth-order valence-corrected chi connectivity index (χ4v) is 5.97. The standard InChI is InChI=1S/C29H35N5O8S/c1-18-29-33-23(17-42-29)28(37)32-22(15-19-9-5-4-6-10-19)26(35)30-14-8-7-11-21(27(36)31-18)34-43(38,39)25-16-20(40-2)12-13-24(25)41-3/h4-6,9-10,12-13,16-18,21-22,34H,7-8,11,14-15H2,1-3H3,(H,30,35)(H,31,36)(H,32,37)/t18-,21-,22-/m0/s1. The molecule has 0 saturated heterocycles. The molecule has 0 fully saturated rings. The summed E-state index contributed by atoms with van der Waals surface area (Å²) in [5.41, 5.74) is 0.786. The van der Waals surface area contributed by atoms with Crippen molar-refractivity contribution in [2.24, 2.45) is 0 Å². The van der Waals surface area contributed by atoms with E-state index in [2.05, 4.69) is 25.7 Å². The molecular weight excluding hydrogens is 578 g/mol. The van der Waals surface area contributed by atoms with Gasteiger partial charge >= 0.3 is 0 Å². The average Bonchev–Trinajstić information content (AvgIpc) is 3.50. The summed E-state index contributed by atoms with van der Waals surface area (Å²) < 4.78 is 45.2. The molecule has 2 aromatic carbocycles. The van der Waals surface area contributed by atoms with E-state index in [1.165, 1.54) is 26.4 Å². The number of amides is 3. The Morgan fingerprint density at radius 1 is 1.00 bits per heavy atom. The Morgan fingerprint density at radius 2 is 1.77 bits per heavy atom. The largest absolute Gasteiger partial charge is 0.497 e. The van der Waals surface area contributed by atoms with Gasteiger partial charge in [0.1, 0.15) is 40.8 Å². The van der Waals surface area contributed by atoms with Gasteiger partial charge in [-0.1, -0.05) is 30.3 Å². The first-order valence-corrected chi connectivity index (χ1v) is 15.2. The highest BCUT2D eigenvalue weighted by Gasteiger charge is 2.31. The summed E-state index contributed by atoms with van der Waals surface area (Å²) >= 11 is 0. The van der Waals surface area contributed by atoms with Crippen LogP contribution in [0.1, 0.15) is 54.2 Å². The molecule has 3 amide bonds. The van der Waals surface area contributed by atoms with E-state index in [0.717, 1.165) is 11.8 Å². The number of hydrogen-bond acceptors (Lipinski definition) is 9. The number of benzene rings is 2. The molecule has 4 N–H and O–H groups in total. The number of ether oxygens (including phenoxy) is 2. The van der Waals surface area contributed by atoms with E-state index in [1.54, 1.807) is 13.0 Å². The van der Waals surface area contributed by atoms with Gasteiger partial charge in [-0.15, -0.1) is 0 Å². The van der Waals surface area contributed by atoms with E-state index in [0.29, 0.717) is 18.6 Å². The van der Waals surface area contributed by atoms with Gasteiger partial charge in [-0.3, -0.25) is 14.4 Å². The Labute approximate surface area is 249 Å². The number of carbonyl (C=O) groups excluding carboxylic acids is 3. The van der Waals surface area contributed by atoms with E-state index >= 15 is 0 Å². The molecule has 14 heteroatoms. The summed E-state index contributed by atoms with van der Waals surface area (Å²) in [5.74, 6) is -1.22. The summed E-state index contributed by atoms with van der Waals surface area (Å²) in [6.45, 7) is 1.84. The van der Waals surface area contributed by atoms with E-state index in [9.17, 15) is 22.8 Å². The first-order valence-electron chi connectivity index (χ1n) is 13.7. The molecule has 1 aliphatic rings. The van der Waals surface area contributed by atoms with E-state index in [1.807, 2.05) is 30.3 Å². The van der Waals surface area contributed by atoms with Gasteiger partial charge < -0.3 is 29.8 Å². The zero-order valence-electron chi connectivity index (χ0n) is 24.1. The second-order valence-electron chi connectivity index (χ2n) is 9.99. The molecule has 0 radical (unpaired) electrons. The van der Waals surface area contributed by atoms with Crippen LogP contribution < -0.4 is 30.1 Å². The van der Waals surface area contributed by atoms with Gasteiger partial charge in [-0.05, 0) is 43.9 Å². The number of aromatic nitrogens is 1. The molecule has 1 aromatic heterocycles. The van der Waals surface area contributed by atoms with Crippen molar-refractivity contribution in [3.63, 3.8) is 0 Å². The predicted molar refractivity (Wildman–Crippen MR) is 155 cm³/mol. The lowest BCUT2D eigenvalue weighted by Crippen LogP contribution is -2.49. The third-order valence-corrected chi connectivity index (χ3v) is 8.37. The first kappa shape index (κ1) is 31.5. The van der Waals surface area contributed by atoms with Crippen molar-refractivity contribution in [3.05, 3.63) is 71.9 Å². The molecule has 0 aliphatic carbocycles. The number of nitrogens with one attached hydrogen (secondary N) is 4. The van der Waals surface area contributed by atoms with Gasteiger partial charge in [0, 0.05) is 19.0 Å². The molecule has 2 bridgehead atoms. The average molecular weight is 614 g/mol. The van der Waals surface area contributed by atoms with Crippen molar-refractivity contribution in [2.75, 3.05) is 20.8 Å². The molecular formula is C29H35N5O8S. The summed E-state index contributed by atoms with van der Waals surface area (Å²) in [5, 5.41) is 8.26. The zero-order chi connectivity index (χ0) is 31.0. The Hall–Kier alpha value is -4.43. The van der Waals surface area contributed by atoms with Crippen molar-refractivity contribution in [1.29, 1.82) is 0 Å². The number of carbonyl (C=O) groups is 3. The van der Waals surface area contributed by atoms with Crippen molar-refractivity contribution >= 4 is 27.7 Å². The van der Waals surface area contributed by atoms with Gasteiger partial charge in [0.05, 0.1) is 14.2 Å². The number of sulfonamides is 1. The number of oxazole rings is 1. The van der Waals surface area contributed by atoms with Gasteiger partial charge in [0.2, 0.25) is 27.7 Å². The van der Waals surface area contributed by atoms with Crippen LogP contribution in [0.3, 0.4) is 0 Å². The second-order valence-corrected chi connectivity index (χ2v) is 11.7. The van der Waals surface area contributed by atoms with Crippen LogP contribution in [-0.4, -0.2) is 64.0 Å². The minimum Gasteiger partial charge on any atom is -0.497 e. The number of methoxy groups -OCH3 is 2. The molecule has 13 nitrogen and oxygen atoms in total. The van der Waals surface area contributed by atoms with E-state index in [-0.39, 0.29) is 47.5 Å². The van der Waals surface area contributed by atoms with Crippen molar-refractivity contribution < 1.29 is 36.7 Å². The molecule has 0 spiro atoms. The number of rotatable bonds is 7. The maximum atomic E-state index is 13.4. The number of nitrogens with zero attached hydrogens (tertiary/aromatic N) is 1. The van der Waals surface area contributed by atoms with E-state index < -0.39 is 40.0 Å². The normalized spacial score (nSPS) is 20.4. The molecule has 4 rings (SSSR count). The summed E-state index contributed by atoms with van der Waals surface area (Å²) in [6, 6.07) is 10.7. The highest BCUT2D eigenvalue weighted by atomic mass is 32.2. The molecule has 230 valence electrons. The Kier molecular flexibility index (Phi) is 10.4. The molecule has 43 heavy (non-hydrogen) atoms. The maximum absolute atomic E-state index is 13.4. The van der Waals surface area contributed by atoms with Crippen LogP contribution in [-0.2, 0) is 26.0 Å². The lowest BCUT2D eigenvalue weighted by molar-refractivity contribution is -0.124. The van der Waals surface area contributed by atoms with Crippen LogP contribution in [0.4, 0.5) is 0 Å². The molecule has 3 aromatic rings. The monoisotopic (exact) mass is 613 g/mol. The topological polar surface area (TPSA) is 178 Å². The first-order chi connectivity index (χ1) is 20.6. The van der Waals surface area contributed by atoms with Gasteiger partial charge in [0.15, 0.2) is 5.69 Å². The summed E-state index contributed by atoms with van der Waals surface area (Å²) in [4.78, 5) is 43.4.